The van der Waals surface area contributed by atoms with E-state index < -0.39 is 0 Å². The van der Waals surface area contributed by atoms with Gasteiger partial charge in [0.1, 0.15) is 5.76 Å². The molecule has 1 aromatic rings. The van der Waals surface area contributed by atoms with E-state index in [1.165, 1.54) is 12.3 Å². The standard InChI is InChI=1S/C8H11NO3/c1-9-8(11)3-2-7-6(10)4-5-12-7/h4-5,10H,2-3H2,1H3,(H,9,11). The zero-order chi connectivity index (χ0) is 8.97. The average Bonchev–Trinajstić information content (AvgIpc) is 2.47. The highest BCUT2D eigenvalue weighted by molar-refractivity contribution is 5.75. The van der Waals surface area contributed by atoms with E-state index in [9.17, 15) is 4.79 Å². The molecule has 0 spiro atoms. The lowest BCUT2D eigenvalue weighted by Gasteiger charge is -1.97. The fraction of sp³-hybridized carbons (Fsp3) is 0.375. The van der Waals surface area contributed by atoms with Crippen molar-refractivity contribution in [1.29, 1.82) is 0 Å². The highest BCUT2D eigenvalue weighted by Crippen LogP contribution is 2.18. The Morgan fingerprint density at radius 2 is 2.50 bits per heavy atom. The normalized spacial score (nSPS) is 9.75. The van der Waals surface area contributed by atoms with Gasteiger partial charge in [0, 0.05) is 26.0 Å². The third-order valence-corrected chi connectivity index (χ3v) is 1.58. The van der Waals surface area contributed by atoms with E-state index in [2.05, 4.69) is 5.32 Å². The van der Waals surface area contributed by atoms with Gasteiger partial charge < -0.3 is 14.8 Å². The van der Waals surface area contributed by atoms with Crippen molar-refractivity contribution in [3.8, 4) is 5.75 Å². The van der Waals surface area contributed by atoms with Crippen molar-refractivity contribution in [1.82, 2.24) is 5.32 Å². The number of carbonyl (C=O) groups excluding carboxylic acids is 1. The van der Waals surface area contributed by atoms with Gasteiger partial charge >= 0.3 is 0 Å². The minimum atomic E-state index is -0.0641. The Balaban J connectivity index is 2.43. The van der Waals surface area contributed by atoms with Crippen LogP contribution >= 0.6 is 0 Å². The smallest absolute Gasteiger partial charge is 0.220 e. The first-order valence-corrected chi connectivity index (χ1v) is 3.70. The van der Waals surface area contributed by atoms with Crippen LogP contribution < -0.4 is 5.32 Å². The van der Waals surface area contributed by atoms with E-state index >= 15 is 0 Å². The lowest BCUT2D eigenvalue weighted by atomic mass is 10.2. The molecule has 0 aliphatic rings. The van der Waals surface area contributed by atoms with Crippen LogP contribution in [0.5, 0.6) is 5.75 Å². The van der Waals surface area contributed by atoms with Crippen molar-refractivity contribution in [3.63, 3.8) is 0 Å². The second-order valence-electron chi connectivity index (χ2n) is 2.40. The number of rotatable bonds is 3. The maximum Gasteiger partial charge on any atom is 0.220 e. The van der Waals surface area contributed by atoms with Gasteiger partial charge in [0.25, 0.3) is 0 Å². The van der Waals surface area contributed by atoms with Gasteiger partial charge in [0.05, 0.1) is 6.26 Å². The van der Waals surface area contributed by atoms with Gasteiger partial charge in [-0.3, -0.25) is 4.79 Å². The number of aryl methyl sites for hydroxylation is 1. The first-order chi connectivity index (χ1) is 5.74. The summed E-state index contributed by atoms with van der Waals surface area (Å²) in [5.74, 6) is 0.503. The van der Waals surface area contributed by atoms with Crippen molar-refractivity contribution >= 4 is 5.91 Å². The zero-order valence-electron chi connectivity index (χ0n) is 6.83. The number of furan rings is 1. The molecule has 12 heavy (non-hydrogen) atoms. The Hall–Kier alpha value is -1.45. The van der Waals surface area contributed by atoms with E-state index in [1.807, 2.05) is 0 Å². The molecular formula is C8H11NO3. The Morgan fingerprint density at radius 3 is 3.00 bits per heavy atom. The molecule has 4 nitrogen and oxygen atoms in total. The first-order valence-electron chi connectivity index (χ1n) is 3.70. The van der Waals surface area contributed by atoms with Gasteiger partial charge in [-0.15, -0.1) is 0 Å². The first kappa shape index (κ1) is 8.64. The minimum Gasteiger partial charge on any atom is -0.504 e. The largest absolute Gasteiger partial charge is 0.504 e. The van der Waals surface area contributed by atoms with E-state index in [0.717, 1.165) is 0 Å². The van der Waals surface area contributed by atoms with E-state index in [0.29, 0.717) is 18.6 Å². The van der Waals surface area contributed by atoms with Crippen LogP contribution in [0.3, 0.4) is 0 Å². The second-order valence-corrected chi connectivity index (χ2v) is 2.40. The molecule has 0 aromatic carbocycles. The number of nitrogens with one attached hydrogen (secondary N) is 1. The molecule has 1 heterocycles. The summed E-state index contributed by atoms with van der Waals surface area (Å²) in [7, 11) is 1.57. The van der Waals surface area contributed by atoms with Crippen LogP contribution in [0.15, 0.2) is 16.7 Å². The van der Waals surface area contributed by atoms with Crippen molar-refractivity contribution < 1.29 is 14.3 Å². The molecule has 0 aliphatic carbocycles. The Labute approximate surface area is 70.2 Å². The van der Waals surface area contributed by atoms with Gasteiger partial charge in [-0.2, -0.15) is 0 Å². The number of amides is 1. The average molecular weight is 169 g/mol. The van der Waals surface area contributed by atoms with E-state index in [4.69, 9.17) is 9.52 Å². The highest BCUT2D eigenvalue weighted by Gasteiger charge is 2.06. The summed E-state index contributed by atoms with van der Waals surface area (Å²) in [6, 6.07) is 1.46. The summed E-state index contributed by atoms with van der Waals surface area (Å²) >= 11 is 0. The van der Waals surface area contributed by atoms with Crippen LogP contribution in [-0.4, -0.2) is 18.1 Å². The minimum absolute atomic E-state index is 0.0641. The van der Waals surface area contributed by atoms with Gasteiger partial charge in [-0.05, 0) is 0 Å². The molecule has 4 heteroatoms. The zero-order valence-corrected chi connectivity index (χ0v) is 6.83. The molecule has 0 saturated heterocycles. The molecule has 1 rings (SSSR count). The van der Waals surface area contributed by atoms with Gasteiger partial charge in [0.15, 0.2) is 5.75 Å². The van der Waals surface area contributed by atoms with E-state index in [-0.39, 0.29) is 11.7 Å². The summed E-state index contributed by atoms with van der Waals surface area (Å²) in [6.45, 7) is 0. The van der Waals surface area contributed by atoms with Crippen LogP contribution in [0.25, 0.3) is 0 Å². The molecule has 0 radical (unpaired) electrons. The Kier molecular flexibility index (Phi) is 2.74. The van der Waals surface area contributed by atoms with Crippen LogP contribution in [-0.2, 0) is 11.2 Å². The molecule has 0 unspecified atom stereocenters. The van der Waals surface area contributed by atoms with Crippen LogP contribution in [0.1, 0.15) is 12.2 Å². The quantitative estimate of drug-likeness (QED) is 0.698. The highest BCUT2D eigenvalue weighted by atomic mass is 16.4. The monoisotopic (exact) mass is 169 g/mol. The molecule has 1 aromatic heterocycles. The molecular weight excluding hydrogens is 158 g/mol. The molecule has 0 saturated carbocycles. The Morgan fingerprint density at radius 1 is 1.75 bits per heavy atom. The fourth-order valence-electron chi connectivity index (χ4n) is 0.873. The van der Waals surface area contributed by atoms with Crippen molar-refractivity contribution in [2.45, 2.75) is 12.8 Å². The molecule has 0 atom stereocenters. The van der Waals surface area contributed by atoms with Gasteiger partial charge in [0.2, 0.25) is 5.91 Å². The predicted octanol–water partition coefficient (Wildman–Crippen LogP) is 0.664. The van der Waals surface area contributed by atoms with Crippen LogP contribution in [0.4, 0.5) is 0 Å². The molecule has 66 valence electrons. The lowest BCUT2D eigenvalue weighted by Crippen LogP contribution is -2.17. The molecule has 0 aliphatic heterocycles. The maximum absolute atomic E-state index is 10.8. The number of carbonyl (C=O) groups is 1. The SMILES string of the molecule is CNC(=O)CCc1occc1O. The van der Waals surface area contributed by atoms with Crippen molar-refractivity contribution in [3.05, 3.63) is 18.1 Å². The predicted molar refractivity (Wildman–Crippen MR) is 42.8 cm³/mol. The van der Waals surface area contributed by atoms with Crippen LogP contribution in [0.2, 0.25) is 0 Å². The molecule has 0 bridgehead atoms. The maximum atomic E-state index is 10.8. The lowest BCUT2D eigenvalue weighted by molar-refractivity contribution is -0.120. The fourth-order valence-corrected chi connectivity index (χ4v) is 0.873. The number of hydrogen-bond donors (Lipinski definition) is 2. The van der Waals surface area contributed by atoms with Crippen molar-refractivity contribution in [2.75, 3.05) is 7.05 Å². The summed E-state index contributed by atoms with van der Waals surface area (Å²) in [5, 5.41) is 11.6. The van der Waals surface area contributed by atoms with Gasteiger partial charge in [-0.25, -0.2) is 0 Å². The van der Waals surface area contributed by atoms with Crippen LogP contribution in [0, 0.1) is 0 Å². The topological polar surface area (TPSA) is 62.5 Å². The number of hydrogen-bond acceptors (Lipinski definition) is 3. The second kappa shape index (κ2) is 3.80. The Bertz CT molecular complexity index is 267. The molecule has 1 amide bonds. The summed E-state index contributed by atoms with van der Waals surface area (Å²) in [4.78, 5) is 10.8. The number of aromatic hydroxyl groups is 1. The van der Waals surface area contributed by atoms with E-state index in [1.54, 1.807) is 7.05 Å². The molecule has 0 fully saturated rings. The van der Waals surface area contributed by atoms with Gasteiger partial charge in [-0.1, -0.05) is 0 Å². The third-order valence-electron chi connectivity index (χ3n) is 1.58. The summed E-state index contributed by atoms with van der Waals surface area (Å²) < 4.78 is 4.93. The summed E-state index contributed by atoms with van der Waals surface area (Å²) in [6.07, 6.45) is 2.16. The summed E-state index contributed by atoms with van der Waals surface area (Å²) in [5.41, 5.74) is 0. The van der Waals surface area contributed by atoms with Crippen molar-refractivity contribution in [2.24, 2.45) is 0 Å². The molecule has 2 N–H and O–H groups in total. The third kappa shape index (κ3) is 2.02.